The Bertz CT molecular complexity index is 54.5. The number of hydrogen-bond donors (Lipinski definition) is 1. The molecule has 0 rings (SSSR count). The van der Waals surface area contributed by atoms with Gasteiger partial charge in [-0.15, -0.1) is 6.58 Å². The van der Waals surface area contributed by atoms with Gasteiger partial charge in [-0.25, -0.2) is 0 Å². The van der Waals surface area contributed by atoms with Crippen molar-refractivity contribution in [3.8, 4) is 0 Å². The maximum absolute atomic E-state index is 3.63. The zero-order chi connectivity index (χ0) is 6.24. The van der Waals surface area contributed by atoms with E-state index in [1.165, 1.54) is 12.8 Å². The predicted molar refractivity (Wildman–Crippen MR) is 41.0 cm³/mol. The lowest BCUT2D eigenvalue weighted by Crippen LogP contribution is -1.98. The van der Waals surface area contributed by atoms with Crippen LogP contribution in [0.15, 0.2) is 12.7 Å². The molecule has 0 unspecified atom stereocenters. The van der Waals surface area contributed by atoms with E-state index in [2.05, 4.69) is 27.1 Å². The highest BCUT2D eigenvalue weighted by atomic mass is 79.9. The standard InChI is InChI=1S/C6H12BrN/c1-2-3-4-5-6-8-7/h2,8H,1,3-6H2. The van der Waals surface area contributed by atoms with E-state index in [1.54, 1.807) is 0 Å². The summed E-state index contributed by atoms with van der Waals surface area (Å²) < 4.78 is 2.90. The van der Waals surface area contributed by atoms with Gasteiger partial charge in [0.25, 0.3) is 0 Å². The SMILES string of the molecule is C=CCCCCNBr. The zero-order valence-corrected chi connectivity index (χ0v) is 6.58. The molecule has 0 radical (unpaired) electrons. The second-order valence-electron chi connectivity index (χ2n) is 1.67. The number of nitrogens with one attached hydrogen (secondary N) is 1. The summed E-state index contributed by atoms with van der Waals surface area (Å²) in [5.41, 5.74) is 0. The van der Waals surface area contributed by atoms with E-state index in [1.807, 2.05) is 6.08 Å². The Morgan fingerprint density at radius 3 is 2.75 bits per heavy atom. The molecule has 0 amide bonds. The van der Waals surface area contributed by atoms with Crippen LogP contribution in [-0.2, 0) is 0 Å². The highest BCUT2D eigenvalue weighted by Crippen LogP contribution is 1.93. The summed E-state index contributed by atoms with van der Waals surface area (Å²) in [6, 6.07) is 0. The van der Waals surface area contributed by atoms with Gasteiger partial charge in [0.15, 0.2) is 0 Å². The number of unbranched alkanes of at least 4 members (excludes halogenated alkanes) is 2. The van der Waals surface area contributed by atoms with Gasteiger partial charge in [0.1, 0.15) is 0 Å². The molecule has 48 valence electrons. The van der Waals surface area contributed by atoms with Crippen molar-refractivity contribution < 1.29 is 0 Å². The molecule has 0 bridgehead atoms. The summed E-state index contributed by atoms with van der Waals surface area (Å²) in [5.74, 6) is 0. The summed E-state index contributed by atoms with van der Waals surface area (Å²) in [6.07, 6.45) is 5.54. The molecule has 0 atom stereocenters. The quantitative estimate of drug-likeness (QED) is 0.386. The van der Waals surface area contributed by atoms with Crippen LogP contribution in [0.3, 0.4) is 0 Å². The van der Waals surface area contributed by atoms with Gasteiger partial charge < -0.3 is 0 Å². The fourth-order valence-electron chi connectivity index (χ4n) is 0.480. The van der Waals surface area contributed by atoms with Gasteiger partial charge in [-0.3, -0.25) is 4.34 Å². The molecule has 0 aromatic heterocycles. The highest BCUT2D eigenvalue weighted by Gasteiger charge is 1.81. The van der Waals surface area contributed by atoms with Crippen LogP contribution in [0, 0.1) is 0 Å². The van der Waals surface area contributed by atoms with Gasteiger partial charge in [0, 0.05) is 22.7 Å². The Balaban J connectivity index is 2.62. The molecular formula is C6H12BrN. The van der Waals surface area contributed by atoms with Crippen LogP contribution in [-0.4, -0.2) is 6.54 Å². The first-order chi connectivity index (χ1) is 3.91. The third-order valence-corrected chi connectivity index (χ3v) is 1.33. The Morgan fingerprint density at radius 2 is 2.25 bits per heavy atom. The van der Waals surface area contributed by atoms with Crippen LogP contribution < -0.4 is 4.34 Å². The third kappa shape index (κ3) is 6.18. The van der Waals surface area contributed by atoms with Gasteiger partial charge in [-0.2, -0.15) is 0 Å². The first kappa shape index (κ1) is 8.18. The molecule has 0 heterocycles. The molecule has 1 N–H and O–H groups in total. The van der Waals surface area contributed by atoms with Crippen LogP contribution >= 0.6 is 16.1 Å². The van der Waals surface area contributed by atoms with E-state index in [0.29, 0.717) is 0 Å². The van der Waals surface area contributed by atoms with Crippen molar-refractivity contribution in [2.45, 2.75) is 19.3 Å². The minimum absolute atomic E-state index is 1.05. The fourth-order valence-corrected chi connectivity index (χ4v) is 0.761. The third-order valence-electron chi connectivity index (χ3n) is 0.930. The lowest BCUT2D eigenvalue weighted by atomic mass is 10.2. The minimum atomic E-state index is 1.05. The van der Waals surface area contributed by atoms with E-state index in [4.69, 9.17) is 0 Å². The van der Waals surface area contributed by atoms with Crippen LogP contribution in [0.1, 0.15) is 19.3 Å². The smallest absolute Gasteiger partial charge is 0.00875 e. The molecule has 0 aromatic rings. The largest absolute Gasteiger partial charge is 0.256 e. The molecule has 0 spiro atoms. The minimum Gasteiger partial charge on any atom is -0.256 e. The van der Waals surface area contributed by atoms with Crippen molar-refractivity contribution in [2.24, 2.45) is 0 Å². The first-order valence-corrected chi connectivity index (χ1v) is 3.65. The number of hydrogen-bond acceptors (Lipinski definition) is 1. The summed E-state index contributed by atoms with van der Waals surface area (Å²) in [5, 5.41) is 0. The van der Waals surface area contributed by atoms with E-state index >= 15 is 0 Å². The van der Waals surface area contributed by atoms with Crippen LogP contribution in [0.25, 0.3) is 0 Å². The second-order valence-corrected chi connectivity index (χ2v) is 2.23. The Hall–Kier alpha value is 0.180. The van der Waals surface area contributed by atoms with Gasteiger partial charge in [-0.05, 0) is 19.3 Å². The van der Waals surface area contributed by atoms with Crippen molar-refractivity contribution in [3.63, 3.8) is 0 Å². The van der Waals surface area contributed by atoms with Crippen molar-refractivity contribution in [1.29, 1.82) is 0 Å². The molecule has 0 saturated heterocycles. The average molecular weight is 178 g/mol. The fraction of sp³-hybridized carbons (Fsp3) is 0.667. The van der Waals surface area contributed by atoms with Gasteiger partial charge in [-0.1, -0.05) is 6.08 Å². The number of halogens is 1. The van der Waals surface area contributed by atoms with E-state index in [-0.39, 0.29) is 0 Å². The van der Waals surface area contributed by atoms with Gasteiger partial charge in [0.2, 0.25) is 0 Å². The van der Waals surface area contributed by atoms with Crippen molar-refractivity contribution in [1.82, 2.24) is 4.34 Å². The predicted octanol–water partition coefficient (Wildman–Crippen LogP) is 2.24. The molecule has 8 heavy (non-hydrogen) atoms. The zero-order valence-electron chi connectivity index (χ0n) is 4.99. The van der Waals surface area contributed by atoms with Crippen molar-refractivity contribution >= 4 is 16.1 Å². The summed E-state index contributed by atoms with van der Waals surface area (Å²) in [6.45, 7) is 4.68. The maximum atomic E-state index is 3.63. The Morgan fingerprint density at radius 1 is 1.50 bits per heavy atom. The molecule has 0 saturated carbocycles. The molecule has 0 aliphatic rings. The van der Waals surface area contributed by atoms with Crippen LogP contribution in [0.4, 0.5) is 0 Å². The van der Waals surface area contributed by atoms with Crippen molar-refractivity contribution in [2.75, 3.05) is 6.54 Å². The van der Waals surface area contributed by atoms with Crippen LogP contribution in [0.2, 0.25) is 0 Å². The topological polar surface area (TPSA) is 12.0 Å². The average Bonchev–Trinajstić information content (AvgIpc) is 1.81. The Kier molecular flexibility index (Phi) is 7.34. The molecule has 0 aliphatic heterocycles. The normalized spacial score (nSPS) is 9.12. The molecule has 2 heteroatoms. The number of rotatable bonds is 5. The van der Waals surface area contributed by atoms with Gasteiger partial charge >= 0.3 is 0 Å². The van der Waals surface area contributed by atoms with Crippen LogP contribution in [0.5, 0.6) is 0 Å². The lowest BCUT2D eigenvalue weighted by molar-refractivity contribution is 0.740. The van der Waals surface area contributed by atoms with E-state index in [0.717, 1.165) is 13.0 Å². The van der Waals surface area contributed by atoms with E-state index < -0.39 is 0 Å². The first-order valence-electron chi connectivity index (χ1n) is 2.86. The summed E-state index contributed by atoms with van der Waals surface area (Å²) in [7, 11) is 0. The lowest BCUT2D eigenvalue weighted by Gasteiger charge is -1.92. The molecule has 0 aromatic carbocycles. The summed E-state index contributed by atoms with van der Waals surface area (Å²) >= 11 is 3.13. The molecule has 0 aliphatic carbocycles. The molecular weight excluding hydrogens is 166 g/mol. The number of allylic oxidation sites excluding steroid dienone is 1. The Labute approximate surface area is 59.5 Å². The van der Waals surface area contributed by atoms with E-state index in [9.17, 15) is 0 Å². The maximum Gasteiger partial charge on any atom is 0.00875 e. The monoisotopic (exact) mass is 177 g/mol. The van der Waals surface area contributed by atoms with Crippen molar-refractivity contribution in [3.05, 3.63) is 12.7 Å². The second kappa shape index (κ2) is 7.18. The highest BCUT2D eigenvalue weighted by molar-refractivity contribution is 9.08. The molecule has 0 fully saturated rings. The van der Waals surface area contributed by atoms with Gasteiger partial charge in [0.05, 0.1) is 0 Å². The summed E-state index contributed by atoms with van der Waals surface area (Å²) in [4.78, 5) is 0. The molecule has 1 nitrogen and oxygen atoms in total.